The zero-order valence-electron chi connectivity index (χ0n) is 42.9. The molecule has 0 bridgehead atoms. The van der Waals surface area contributed by atoms with E-state index in [1.54, 1.807) is 41.7 Å². The molecule has 16 nitrogen and oxygen atoms in total. The zero-order chi connectivity index (χ0) is 52.1. The highest BCUT2D eigenvalue weighted by Crippen LogP contribution is 2.57. The molecule has 1 aliphatic carbocycles. The molecule has 0 radical (unpaired) electrons. The fourth-order valence-electron chi connectivity index (χ4n) is 10.7. The number of aryl methyl sites for hydroxylation is 1. The molecule has 2 aromatic heterocycles. The second-order valence-corrected chi connectivity index (χ2v) is 23.1. The van der Waals surface area contributed by atoms with Crippen LogP contribution in [0.15, 0.2) is 66.3 Å². The van der Waals surface area contributed by atoms with Gasteiger partial charge in [-0.1, -0.05) is 84.3 Å². The van der Waals surface area contributed by atoms with Crippen LogP contribution < -0.4 is 26.0 Å². The summed E-state index contributed by atoms with van der Waals surface area (Å²) in [5.41, 5.74) is 3.82. The van der Waals surface area contributed by atoms with Crippen molar-refractivity contribution in [2.75, 3.05) is 51.1 Å². The number of anilines is 1. The van der Waals surface area contributed by atoms with Crippen LogP contribution in [0.25, 0.3) is 10.4 Å². The van der Waals surface area contributed by atoms with Gasteiger partial charge in [0.25, 0.3) is 0 Å². The van der Waals surface area contributed by atoms with E-state index in [0.29, 0.717) is 46.7 Å². The summed E-state index contributed by atoms with van der Waals surface area (Å²) in [5, 5.41) is 33.1. The van der Waals surface area contributed by atoms with Gasteiger partial charge in [-0.25, -0.2) is 14.8 Å². The maximum atomic E-state index is 14.2. The SMILES string of the molecule is Cc1ncsc1-c1ccc([C@H](C)NC(=O)C2C[C@@H](O)CN2C(=O)[C@@H](NC(=O)CN2CCC(CNCCNc3ccc(C(=O)OC4C(C)(C)C(Oc5ccc(C#N)c(Cl)c5)C4(C)C)cn3)CC2)C(C)(C)C)cc1. The van der Waals surface area contributed by atoms with Gasteiger partial charge in [0.2, 0.25) is 17.7 Å². The van der Waals surface area contributed by atoms with Gasteiger partial charge in [-0.2, -0.15) is 5.26 Å². The van der Waals surface area contributed by atoms with Crippen molar-refractivity contribution in [3.63, 3.8) is 0 Å². The standard InChI is InChI=1S/C54H70ClN9O7S/c1-32(35-10-12-36(13-11-35)45-33(2)60-31-72-45)61-47(67)42-24-39(65)29-64(42)48(68)46(52(3,4)5)62-44(66)30-63-22-18-34(19-23-63)27-57-20-21-58-43-17-15-38(28-59-43)49(69)71-51-53(6,7)50(54(51,8)9)70-40-16-14-37(26-56)41(55)25-40/h10-17,25,28,31-32,34,39,42,46,50-51,57,65H,18-24,27,29-30H2,1-9H3,(H,58,59)(H,61,67)(H,62,66)/t32-,39+,42?,46+,50?,51?/m0/s1. The number of amides is 3. The molecule has 4 aromatic rings. The van der Waals surface area contributed by atoms with Gasteiger partial charge in [0, 0.05) is 49.1 Å². The Hall–Kier alpha value is -5.64. The van der Waals surface area contributed by atoms with Crippen molar-refractivity contribution in [3.8, 4) is 22.3 Å². The number of aliphatic hydroxyl groups is 1. The predicted molar refractivity (Wildman–Crippen MR) is 278 cm³/mol. The molecule has 2 aliphatic heterocycles. The number of aromatic nitrogens is 2. The lowest BCUT2D eigenvalue weighted by molar-refractivity contribution is -0.236. The molecule has 1 unspecified atom stereocenters. The van der Waals surface area contributed by atoms with E-state index in [-0.39, 0.29) is 49.4 Å². The molecule has 2 aromatic carbocycles. The summed E-state index contributed by atoms with van der Waals surface area (Å²) >= 11 is 7.82. The molecule has 5 N–H and O–H groups in total. The van der Waals surface area contributed by atoms with E-state index in [4.69, 9.17) is 21.1 Å². The van der Waals surface area contributed by atoms with E-state index in [1.807, 2.05) is 92.1 Å². The number of aliphatic hydroxyl groups excluding tert-OH is 1. The van der Waals surface area contributed by atoms with Crippen molar-refractivity contribution in [1.82, 2.24) is 35.7 Å². The number of nitrogens with zero attached hydrogens (tertiary/aromatic N) is 5. The smallest absolute Gasteiger partial charge is 0.340 e. The highest BCUT2D eigenvalue weighted by Gasteiger charge is 2.66. The molecule has 1 saturated carbocycles. The van der Waals surface area contributed by atoms with E-state index in [2.05, 4.69) is 42.2 Å². The lowest BCUT2D eigenvalue weighted by Crippen LogP contribution is -2.70. The highest BCUT2D eigenvalue weighted by atomic mass is 35.5. The topological polar surface area (TPSA) is 211 Å². The summed E-state index contributed by atoms with van der Waals surface area (Å²) in [4.78, 5) is 68.2. The molecule has 4 atom stereocenters. The minimum absolute atomic E-state index is 0.00852. The van der Waals surface area contributed by atoms with Crippen molar-refractivity contribution in [3.05, 3.63) is 93.7 Å². The Balaban J connectivity index is 0.801. The molecular weight excluding hydrogens is 954 g/mol. The van der Waals surface area contributed by atoms with Crippen molar-refractivity contribution >= 4 is 52.4 Å². The summed E-state index contributed by atoms with van der Waals surface area (Å²) in [7, 11) is 0. The molecule has 4 heterocycles. The minimum Gasteiger partial charge on any atom is -0.489 e. The second-order valence-electron chi connectivity index (χ2n) is 21.8. The Kier molecular flexibility index (Phi) is 17.0. The molecule has 72 heavy (non-hydrogen) atoms. The molecule has 3 amide bonds. The Morgan fingerprint density at radius 3 is 2.29 bits per heavy atom. The first-order valence-corrected chi connectivity index (χ1v) is 26.1. The Labute approximate surface area is 432 Å². The highest BCUT2D eigenvalue weighted by molar-refractivity contribution is 7.13. The zero-order valence-corrected chi connectivity index (χ0v) is 44.5. The Morgan fingerprint density at radius 2 is 1.68 bits per heavy atom. The maximum absolute atomic E-state index is 14.2. The number of ether oxygens (including phenoxy) is 2. The van der Waals surface area contributed by atoms with E-state index >= 15 is 0 Å². The largest absolute Gasteiger partial charge is 0.489 e. The summed E-state index contributed by atoms with van der Waals surface area (Å²) in [6, 6.07) is 16.4. The third-order valence-electron chi connectivity index (χ3n) is 14.4. The molecule has 18 heteroatoms. The van der Waals surface area contributed by atoms with Crippen LogP contribution >= 0.6 is 22.9 Å². The Morgan fingerprint density at radius 1 is 0.972 bits per heavy atom. The van der Waals surface area contributed by atoms with Crippen molar-refractivity contribution in [1.29, 1.82) is 5.26 Å². The van der Waals surface area contributed by atoms with Crippen LogP contribution in [0.1, 0.15) is 108 Å². The third kappa shape index (κ3) is 12.6. The molecule has 3 aliphatic rings. The summed E-state index contributed by atoms with van der Waals surface area (Å²) < 4.78 is 12.4. The van der Waals surface area contributed by atoms with Gasteiger partial charge in [-0.15, -0.1) is 11.3 Å². The van der Waals surface area contributed by atoms with Crippen LogP contribution in [-0.4, -0.2) is 125 Å². The number of carbonyl (C=O) groups excluding carboxylic acids is 4. The molecule has 3 fully saturated rings. The molecule has 0 spiro atoms. The average molecular weight is 1020 g/mol. The van der Waals surface area contributed by atoms with Crippen LogP contribution in [0.5, 0.6) is 5.75 Å². The van der Waals surface area contributed by atoms with Crippen molar-refractivity contribution in [2.24, 2.45) is 22.2 Å². The molecular formula is C54H70ClN9O7S. The van der Waals surface area contributed by atoms with E-state index < -0.39 is 46.5 Å². The summed E-state index contributed by atoms with van der Waals surface area (Å²) in [5.74, 6) is 0.189. The first-order chi connectivity index (χ1) is 34.1. The number of hydrogen-bond acceptors (Lipinski definition) is 14. The number of nitriles is 1. The van der Waals surface area contributed by atoms with Crippen LogP contribution in [0.3, 0.4) is 0 Å². The molecule has 386 valence electrons. The van der Waals surface area contributed by atoms with Gasteiger partial charge in [-0.3, -0.25) is 19.3 Å². The van der Waals surface area contributed by atoms with Gasteiger partial charge in [0.15, 0.2) is 0 Å². The van der Waals surface area contributed by atoms with Crippen molar-refractivity contribution < 1.29 is 33.8 Å². The number of nitrogens with one attached hydrogen (secondary N) is 4. The first-order valence-electron chi connectivity index (χ1n) is 24.9. The van der Waals surface area contributed by atoms with Crippen LogP contribution in [0, 0.1) is 40.4 Å². The monoisotopic (exact) mass is 1020 g/mol. The number of esters is 1. The van der Waals surface area contributed by atoms with Crippen molar-refractivity contribution in [2.45, 2.75) is 118 Å². The Bertz CT molecular complexity index is 2590. The predicted octanol–water partition coefficient (Wildman–Crippen LogP) is 7.16. The summed E-state index contributed by atoms with van der Waals surface area (Å²) in [6.45, 7) is 21.4. The molecule has 7 rings (SSSR count). The minimum atomic E-state index is -0.901. The van der Waals surface area contributed by atoms with Gasteiger partial charge < -0.3 is 40.7 Å². The fraction of sp³-hybridized carbons (Fsp3) is 0.537. The summed E-state index contributed by atoms with van der Waals surface area (Å²) in [6.07, 6.45) is 1.91. The van der Waals surface area contributed by atoms with E-state index in [9.17, 15) is 29.5 Å². The number of hydrogen-bond donors (Lipinski definition) is 5. The van der Waals surface area contributed by atoms with Gasteiger partial charge in [-0.05, 0) is 93.0 Å². The second kappa shape index (κ2) is 22.6. The van der Waals surface area contributed by atoms with Gasteiger partial charge in [0.05, 0.1) is 50.9 Å². The number of piperidine rings is 1. The number of thiazole rings is 1. The number of rotatable bonds is 18. The fourth-order valence-corrected chi connectivity index (χ4v) is 11.7. The normalized spacial score (nSPS) is 21.7. The maximum Gasteiger partial charge on any atom is 0.340 e. The van der Waals surface area contributed by atoms with Gasteiger partial charge >= 0.3 is 5.97 Å². The van der Waals surface area contributed by atoms with E-state index in [1.165, 1.54) is 11.1 Å². The number of benzene rings is 2. The number of carbonyl (C=O) groups is 4. The number of halogens is 1. The first kappa shape index (κ1) is 54.1. The van der Waals surface area contributed by atoms with E-state index in [0.717, 1.165) is 54.2 Å². The number of pyridine rings is 1. The lowest BCUT2D eigenvalue weighted by Gasteiger charge is -2.61. The quantitative estimate of drug-likeness (QED) is 0.0496. The lowest BCUT2D eigenvalue weighted by atomic mass is 9.51. The van der Waals surface area contributed by atoms with Crippen LogP contribution in [0.4, 0.5) is 5.82 Å². The third-order valence-corrected chi connectivity index (χ3v) is 15.7. The van der Waals surface area contributed by atoms with Crippen LogP contribution in [0.2, 0.25) is 5.02 Å². The average Bonchev–Trinajstić information content (AvgIpc) is 3.96. The number of β-amino-alcohol motifs (C(OH)–C–C–N with tert-alkyl or cyclic N) is 1. The van der Waals surface area contributed by atoms with Crippen LogP contribution in [-0.2, 0) is 19.1 Å². The molecule has 2 saturated heterocycles. The number of likely N-dealkylation sites (tertiary alicyclic amines) is 2. The van der Waals surface area contributed by atoms with Gasteiger partial charge in [0.1, 0.15) is 41.9 Å².